The Morgan fingerprint density at radius 2 is 1.82 bits per heavy atom. The van der Waals surface area contributed by atoms with Gasteiger partial charge in [0.2, 0.25) is 6.04 Å². The molecule has 1 amide bonds. The Labute approximate surface area is 131 Å². The molecule has 5 heteroatoms. The number of aromatic nitrogens is 1. The third-order valence-electron chi connectivity index (χ3n) is 3.54. The number of para-hydroxylation sites is 2. The molecule has 0 unspecified atom stereocenters. The fourth-order valence-electron chi connectivity index (χ4n) is 2.11. The second-order valence-electron chi connectivity index (χ2n) is 5.26. The third-order valence-corrected chi connectivity index (χ3v) is 3.54. The number of rotatable bonds is 5. The number of hydrogen-bond acceptors (Lipinski definition) is 3. The average Bonchev–Trinajstić information content (AvgIpc) is 2.54. The molecule has 0 saturated heterocycles. The summed E-state index contributed by atoms with van der Waals surface area (Å²) in [5.41, 5.74) is 1.76. The molecule has 0 aliphatic rings. The summed E-state index contributed by atoms with van der Waals surface area (Å²) in [5.74, 6) is 0.558. The molecule has 2 rings (SSSR count). The van der Waals surface area contributed by atoms with Crippen molar-refractivity contribution < 1.29 is 14.1 Å². The smallest absolute Gasteiger partial charge is 0.293 e. The van der Waals surface area contributed by atoms with Crippen molar-refractivity contribution in [3.63, 3.8) is 0 Å². The van der Waals surface area contributed by atoms with Gasteiger partial charge < -0.3 is 15.0 Å². The summed E-state index contributed by atoms with van der Waals surface area (Å²) in [7, 11) is 5.55. The average molecular weight is 300 g/mol. The van der Waals surface area contributed by atoms with E-state index in [9.17, 15) is 4.79 Å². The number of methoxy groups -OCH3 is 1. The Kier molecular flexibility index (Phi) is 4.99. The molecule has 1 aromatic carbocycles. The normalized spacial score (nSPS) is 11.6. The molecule has 5 nitrogen and oxygen atoms in total. The molecule has 1 N–H and O–H groups in total. The third kappa shape index (κ3) is 3.55. The van der Waals surface area contributed by atoms with E-state index in [4.69, 9.17) is 4.74 Å². The summed E-state index contributed by atoms with van der Waals surface area (Å²) < 4.78 is 7.12. The SMILES string of the molecule is COc1ccccc1NC(=O)[C@@H](C)[n+]1ccc(N(C)C)cc1. The van der Waals surface area contributed by atoms with E-state index in [-0.39, 0.29) is 11.9 Å². The topological polar surface area (TPSA) is 45.5 Å². The van der Waals surface area contributed by atoms with Crippen molar-refractivity contribution in [3.8, 4) is 5.75 Å². The molecule has 116 valence electrons. The Balaban J connectivity index is 2.11. The lowest BCUT2D eigenvalue weighted by atomic mass is 10.2. The van der Waals surface area contributed by atoms with Crippen LogP contribution in [0.3, 0.4) is 0 Å². The van der Waals surface area contributed by atoms with Gasteiger partial charge in [-0.25, -0.2) is 0 Å². The predicted molar refractivity (Wildman–Crippen MR) is 87.3 cm³/mol. The van der Waals surface area contributed by atoms with Gasteiger partial charge in [0.05, 0.1) is 12.8 Å². The van der Waals surface area contributed by atoms with E-state index in [0.717, 1.165) is 5.69 Å². The van der Waals surface area contributed by atoms with Crippen LogP contribution in [0.2, 0.25) is 0 Å². The summed E-state index contributed by atoms with van der Waals surface area (Å²) in [5, 5.41) is 2.90. The number of carbonyl (C=O) groups excluding carboxylic acids is 1. The molecule has 0 radical (unpaired) electrons. The highest BCUT2D eigenvalue weighted by Crippen LogP contribution is 2.23. The van der Waals surface area contributed by atoms with Gasteiger partial charge in [-0.15, -0.1) is 0 Å². The molecule has 0 bridgehead atoms. The fourth-order valence-corrected chi connectivity index (χ4v) is 2.11. The number of benzene rings is 1. The van der Waals surface area contributed by atoms with E-state index in [1.165, 1.54) is 0 Å². The molecule has 1 atom stereocenters. The van der Waals surface area contributed by atoms with Crippen LogP contribution in [0.25, 0.3) is 0 Å². The number of hydrogen-bond donors (Lipinski definition) is 1. The number of pyridine rings is 1. The maximum absolute atomic E-state index is 12.4. The molecule has 0 saturated carbocycles. The van der Waals surface area contributed by atoms with E-state index in [1.54, 1.807) is 7.11 Å². The highest BCUT2D eigenvalue weighted by molar-refractivity contribution is 5.93. The summed E-state index contributed by atoms with van der Waals surface area (Å²) in [6, 6.07) is 11.0. The van der Waals surface area contributed by atoms with Crippen LogP contribution in [-0.2, 0) is 4.79 Å². The number of carbonyl (C=O) groups is 1. The zero-order valence-electron chi connectivity index (χ0n) is 13.4. The van der Waals surface area contributed by atoms with Gasteiger partial charge in [-0.1, -0.05) is 12.1 Å². The molecule has 22 heavy (non-hydrogen) atoms. The maximum Gasteiger partial charge on any atom is 0.293 e. The minimum absolute atomic E-state index is 0.0906. The van der Waals surface area contributed by atoms with Crippen LogP contribution >= 0.6 is 0 Å². The minimum atomic E-state index is -0.318. The monoisotopic (exact) mass is 300 g/mol. The summed E-state index contributed by atoms with van der Waals surface area (Å²) in [4.78, 5) is 14.4. The Hall–Kier alpha value is -2.56. The van der Waals surface area contributed by atoms with Crippen LogP contribution in [-0.4, -0.2) is 27.1 Å². The van der Waals surface area contributed by atoms with Gasteiger partial charge in [0, 0.05) is 38.8 Å². The summed E-state index contributed by atoms with van der Waals surface area (Å²) in [6.45, 7) is 1.86. The largest absolute Gasteiger partial charge is 0.495 e. The van der Waals surface area contributed by atoms with Crippen molar-refractivity contribution in [2.24, 2.45) is 0 Å². The summed E-state index contributed by atoms with van der Waals surface area (Å²) >= 11 is 0. The minimum Gasteiger partial charge on any atom is -0.495 e. The molecule has 1 heterocycles. The van der Waals surface area contributed by atoms with E-state index in [2.05, 4.69) is 5.32 Å². The molecule has 1 aromatic heterocycles. The van der Waals surface area contributed by atoms with Gasteiger partial charge in [-0.3, -0.25) is 4.79 Å². The second-order valence-corrected chi connectivity index (χ2v) is 5.26. The van der Waals surface area contributed by atoms with Crippen molar-refractivity contribution in [1.29, 1.82) is 0 Å². The fraction of sp³-hybridized carbons (Fsp3) is 0.294. The number of anilines is 2. The van der Waals surface area contributed by atoms with Gasteiger partial charge in [0.15, 0.2) is 12.4 Å². The molecule has 0 fully saturated rings. The van der Waals surface area contributed by atoms with Gasteiger partial charge in [0.25, 0.3) is 5.91 Å². The molecule has 0 spiro atoms. The van der Waals surface area contributed by atoms with Crippen LogP contribution in [0.5, 0.6) is 5.75 Å². The van der Waals surface area contributed by atoms with Crippen LogP contribution in [0, 0.1) is 0 Å². The highest BCUT2D eigenvalue weighted by Gasteiger charge is 2.22. The maximum atomic E-state index is 12.4. The standard InChI is InChI=1S/C17H21N3O2/c1-13(20-11-9-14(10-12-20)19(2)3)17(21)18-15-7-5-6-8-16(15)22-4/h5-13H,1-4H3/p+1/t13-/m1/s1. The number of nitrogens with zero attached hydrogens (tertiary/aromatic N) is 2. The zero-order valence-corrected chi connectivity index (χ0v) is 13.4. The van der Waals surface area contributed by atoms with E-state index >= 15 is 0 Å². The predicted octanol–water partition coefficient (Wildman–Crippen LogP) is 2.25. The van der Waals surface area contributed by atoms with Crippen molar-refractivity contribution in [2.45, 2.75) is 13.0 Å². The van der Waals surface area contributed by atoms with Gasteiger partial charge >= 0.3 is 0 Å². The van der Waals surface area contributed by atoms with E-state index in [1.807, 2.05) is 79.3 Å². The Morgan fingerprint density at radius 1 is 1.18 bits per heavy atom. The van der Waals surface area contributed by atoms with Gasteiger partial charge in [-0.2, -0.15) is 4.57 Å². The zero-order chi connectivity index (χ0) is 16.1. The van der Waals surface area contributed by atoms with Gasteiger partial charge in [-0.05, 0) is 12.1 Å². The van der Waals surface area contributed by atoms with E-state index in [0.29, 0.717) is 11.4 Å². The second kappa shape index (κ2) is 6.93. The highest BCUT2D eigenvalue weighted by atomic mass is 16.5. The Bertz CT molecular complexity index is 639. The molecule has 0 aliphatic heterocycles. The molecule has 2 aromatic rings. The van der Waals surface area contributed by atoms with E-state index < -0.39 is 0 Å². The summed E-state index contributed by atoms with van der Waals surface area (Å²) in [6.07, 6.45) is 3.81. The first-order chi connectivity index (χ1) is 10.5. The first-order valence-corrected chi connectivity index (χ1v) is 7.15. The number of nitrogens with one attached hydrogen (secondary N) is 1. The van der Waals surface area contributed by atoms with Crippen molar-refractivity contribution in [1.82, 2.24) is 0 Å². The molecular formula is C17H22N3O2+. The van der Waals surface area contributed by atoms with Crippen molar-refractivity contribution in [2.75, 3.05) is 31.4 Å². The van der Waals surface area contributed by atoms with Crippen LogP contribution in [0.15, 0.2) is 48.8 Å². The lowest BCUT2D eigenvalue weighted by Gasteiger charge is -2.13. The van der Waals surface area contributed by atoms with Crippen molar-refractivity contribution in [3.05, 3.63) is 48.8 Å². The van der Waals surface area contributed by atoms with Crippen LogP contribution in [0.1, 0.15) is 13.0 Å². The molecule has 0 aliphatic carbocycles. The first kappa shape index (κ1) is 15.8. The number of amides is 1. The van der Waals surface area contributed by atoms with Gasteiger partial charge in [0.1, 0.15) is 5.75 Å². The van der Waals surface area contributed by atoms with Crippen molar-refractivity contribution >= 4 is 17.3 Å². The quantitative estimate of drug-likeness (QED) is 0.862. The number of ether oxygens (including phenoxy) is 1. The first-order valence-electron chi connectivity index (χ1n) is 7.15. The lowest BCUT2D eigenvalue weighted by Crippen LogP contribution is -2.44. The van der Waals surface area contributed by atoms with Crippen LogP contribution in [0.4, 0.5) is 11.4 Å². The Morgan fingerprint density at radius 3 is 2.41 bits per heavy atom. The molecular weight excluding hydrogens is 278 g/mol. The van der Waals surface area contributed by atoms with Crippen LogP contribution < -0.4 is 19.5 Å². The lowest BCUT2D eigenvalue weighted by molar-refractivity contribution is -0.705.